The van der Waals surface area contributed by atoms with Gasteiger partial charge in [0.1, 0.15) is 11.3 Å². The van der Waals surface area contributed by atoms with Gasteiger partial charge in [-0.15, -0.1) is 0 Å². The van der Waals surface area contributed by atoms with Crippen LogP contribution in [0.2, 0.25) is 5.02 Å². The van der Waals surface area contributed by atoms with E-state index < -0.39 is 11.8 Å². The lowest BCUT2D eigenvalue weighted by atomic mass is 10.1. The van der Waals surface area contributed by atoms with Crippen molar-refractivity contribution < 1.29 is 14.5 Å². The highest BCUT2D eigenvalue weighted by Gasteiger charge is 2.29. The van der Waals surface area contributed by atoms with Crippen molar-refractivity contribution in [1.29, 1.82) is 0 Å². The Labute approximate surface area is 186 Å². The maximum atomic E-state index is 13.1. The van der Waals surface area contributed by atoms with Crippen LogP contribution >= 0.6 is 11.6 Å². The fraction of sp³-hybridized carbons (Fsp3) is 0.261. The van der Waals surface area contributed by atoms with Crippen molar-refractivity contribution in [2.24, 2.45) is 4.99 Å². The Morgan fingerprint density at radius 3 is 2.37 bits per heavy atom. The Hall–Kier alpha value is -2.54. The molecule has 0 spiro atoms. The lowest BCUT2D eigenvalue weighted by Crippen LogP contribution is -3.07. The van der Waals surface area contributed by atoms with E-state index in [1.165, 1.54) is 41.2 Å². The molecule has 0 aromatic heterocycles. The molecule has 4 rings (SSSR count). The Kier molecular flexibility index (Phi) is 6.27. The van der Waals surface area contributed by atoms with Crippen LogP contribution in [0.3, 0.4) is 0 Å². The summed E-state index contributed by atoms with van der Waals surface area (Å²) in [6.45, 7) is 2.28. The van der Waals surface area contributed by atoms with Crippen molar-refractivity contribution in [2.45, 2.75) is 25.7 Å². The second-order valence-corrected chi connectivity index (χ2v) is 8.32. The molecule has 1 N–H and O–H groups in total. The number of nitrogens with one attached hydrogen (secondary N) is 1. The van der Waals surface area contributed by atoms with Crippen LogP contribution in [-0.4, -0.2) is 30.1 Å². The third-order valence-corrected chi connectivity index (χ3v) is 5.96. The van der Waals surface area contributed by atoms with Crippen molar-refractivity contribution in [1.82, 2.24) is 0 Å². The molecular formula is C23H22ClN3O2S. The van der Waals surface area contributed by atoms with Gasteiger partial charge in [-0.3, -0.25) is 14.5 Å². The minimum atomic E-state index is -0.620. The normalized spacial score (nSPS) is 19.7. The lowest BCUT2D eigenvalue weighted by Gasteiger charge is -2.32. The highest BCUT2D eigenvalue weighted by atomic mass is 35.5. The molecule has 7 heteroatoms. The molecule has 2 aromatic carbocycles. The molecule has 2 aromatic rings. The standard InChI is InChI=1S/C23H22ClN3O2S/c24-17-6-5-7-19(15-17)27-22(29)20(21(28)25-23(27)30)14-16-8-10-18(11-9-16)26-12-3-1-2-4-13-26/h5-11,14-15H,1-4,12-13H2,(H,25,28,30)/b20-14+. The van der Waals surface area contributed by atoms with Crippen molar-refractivity contribution >= 4 is 58.7 Å². The molecule has 0 unspecified atom stereocenters. The molecule has 0 radical (unpaired) electrons. The molecule has 30 heavy (non-hydrogen) atoms. The predicted molar refractivity (Wildman–Crippen MR) is 122 cm³/mol. The first-order valence-electron chi connectivity index (χ1n) is 10.1. The zero-order valence-corrected chi connectivity index (χ0v) is 18.0. The number of carbonyl (C=O) groups is 2. The van der Waals surface area contributed by atoms with Gasteiger partial charge in [-0.1, -0.05) is 17.7 Å². The number of benzene rings is 2. The second kappa shape index (κ2) is 9.08. The zero-order valence-electron chi connectivity index (χ0n) is 16.4. The van der Waals surface area contributed by atoms with Crippen molar-refractivity contribution in [3.8, 4) is 0 Å². The maximum Gasteiger partial charge on any atom is 0.282 e. The molecule has 1 fully saturated rings. The van der Waals surface area contributed by atoms with Crippen LogP contribution in [0.4, 0.5) is 11.4 Å². The van der Waals surface area contributed by atoms with Gasteiger partial charge in [0.15, 0.2) is 0 Å². The van der Waals surface area contributed by atoms with Gasteiger partial charge >= 0.3 is 0 Å². The van der Waals surface area contributed by atoms with Crippen molar-refractivity contribution in [2.75, 3.05) is 18.0 Å². The summed E-state index contributed by atoms with van der Waals surface area (Å²) in [5, 5.41) is 0.390. The summed E-state index contributed by atoms with van der Waals surface area (Å²) < 4.78 is 0. The summed E-state index contributed by atoms with van der Waals surface area (Å²) >= 11 is 11.2. The first-order valence-corrected chi connectivity index (χ1v) is 10.9. The second-order valence-electron chi connectivity index (χ2n) is 7.52. The van der Waals surface area contributed by atoms with Gasteiger partial charge < -0.3 is 17.5 Å². The van der Waals surface area contributed by atoms with Gasteiger partial charge in [-0.05, 0) is 85.0 Å². The summed E-state index contributed by atoms with van der Waals surface area (Å²) in [5.41, 5.74) is 2.49. The quantitative estimate of drug-likeness (QED) is 0.453. The molecule has 5 nitrogen and oxygen atoms in total. The fourth-order valence-electron chi connectivity index (χ4n) is 3.89. The van der Waals surface area contributed by atoms with Gasteiger partial charge in [0.25, 0.3) is 11.8 Å². The molecule has 1 saturated heterocycles. The van der Waals surface area contributed by atoms with Gasteiger partial charge in [-0.2, -0.15) is 0 Å². The van der Waals surface area contributed by atoms with E-state index in [1.54, 1.807) is 30.3 Å². The van der Waals surface area contributed by atoms with Crippen LogP contribution in [0, 0.1) is 0 Å². The van der Waals surface area contributed by atoms with Crippen LogP contribution in [0.15, 0.2) is 59.1 Å². The Morgan fingerprint density at radius 2 is 1.70 bits per heavy atom. The van der Waals surface area contributed by atoms with Gasteiger partial charge in [0.2, 0.25) is 0 Å². The first-order chi connectivity index (χ1) is 14.5. The van der Waals surface area contributed by atoms with Crippen LogP contribution in [0.5, 0.6) is 0 Å². The number of amidine groups is 1. The van der Waals surface area contributed by atoms with E-state index in [-0.39, 0.29) is 10.7 Å². The molecule has 0 saturated carbocycles. The number of nitrogens with zero attached hydrogens (tertiary/aromatic N) is 2. The first kappa shape index (κ1) is 20.7. The van der Waals surface area contributed by atoms with Crippen molar-refractivity contribution in [3.05, 3.63) is 64.7 Å². The number of anilines is 1. The summed E-state index contributed by atoms with van der Waals surface area (Å²) in [6, 6.07) is 14.8. The molecule has 0 atom stereocenters. The van der Waals surface area contributed by atoms with E-state index in [2.05, 4.69) is 17.1 Å². The third kappa shape index (κ3) is 4.46. The number of aliphatic imine (C=N–C) groups is 1. The minimum absolute atomic E-state index is 0.0153. The molecular weight excluding hydrogens is 418 g/mol. The number of quaternary nitrogens is 1. The van der Waals surface area contributed by atoms with Crippen molar-refractivity contribution in [3.63, 3.8) is 0 Å². The molecule has 2 aliphatic heterocycles. The number of rotatable bonds is 3. The molecule has 2 aliphatic rings. The number of carbonyl (C=O) groups excluding carboxylic acids is 2. The average molecular weight is 440 g/mol. The molecule has 0 bridgehead atoms. The zero-order chi connectivity index (χ0) is 21.1. The van der Waals surface area contributed by atoms with Gasteiger partial charge in [0, 0.05) is 5.02 Å². The van der Waals surface area contributed by atoms with Crippen LogP contribution in [-0.2, 0) is 22.2 Å². The number of amides is 2. The average Bonchev–Trinajstić information content (AvgIpc) is 3.01. The summed E-state index contributed by atoms with van der Waals surface area (Å²) in [6.07, 6.45) is 6.66. The van der Waals surface area contributed by atoms with Crippen LogP contribution in [0.1, 0.15) is 31.2 Å². The highest BCUT2D eigenvalue weighted by molar-refractivity contribution is 7.78. The fourth-order valence-corrected chi connectivity index (χ4v) is 4.34. The Balaban J connectivity index is 1.61. The number of hydrogen-bond donors (Lipinski definition) is 1. The Bertz CT molecular complexity index is 1020. The van der Waals surface area contributed by atoms with E-state index in [0.29, 0.717) is 10.7 Å². The molecule has 2 heterocycles. The minimum Gasteiger partial charge on any atom is -0.742 e. The molecule has 0 aliphatic carbocycles. The number of halogens is 1. The van der Waals surface area contributed by atoms with Gasteiger partial charge in [-0.25, -0.2) is 4.99 Å². The topological polar surface area (TPSA) is 54.2 Å². The van der Waals surface area contributed by atoms with E-state index in [9.17, 15) is 9.59 Å². The Morgan fingerprint density at radius 1 is 1.00 bits per heavy atom. The van der Waals surface area contributed by atoms with E-state index in [4.69, 9.17) is 24.2 Å². The maximum absolute atomic E-state index is 13.1. The van der Waals surface area contributed by atoms with Crippen LogP contribution < -0.4 is 9.80 Å². The van der Waals surface area contributed by atoms with E-state index >= 15 is 0 Å². The summed E-state index contributed by atoms with van der Waals surface area (Å²) in [7, 11) is 0. The molecule has 154 valence electrons. The number of hydrogen-bond acceptors (Lipinski definition) is 3. The van der Waals surface area contributed by atoms with Gasteiger partial charge in [0.05, 0.1) is 18.8 Å². The monoisotopic (exact) mass is 439 g/mol. The predicted octanol–water partition coefficient (Wildman–Crippen LogP) is 3.29. The SMILES string of the molecule is O=C1N=C([S-])N(c2cccc(Cl)c2)C(=O)/C1=C/c1ccc([NH+]2CCCCCC2)cc1. The summed E-state index contributed by atoms with van der Waals surface area (Å²) in [4.78, 5) is 32.1. The molecule has 2 amide bonds. The largest absolute Gasteiger partial charge is 0.742 e. The highest BCUT2D eigenvalue weighted by Crippen LogP contribution is 2.25. The van der Waals surface area contributed by atoms with Crippen LogP contribution in [0.25, 0.3) is 6.08 Å². The van der Waals surface area contributed by atoms with E-state index in [1.807, 2.05) is 12.1 Å². The third-order valence-electron chi connectivity index (χ3n) is 5.46. The summed E-state index contributed by atoms with van der Waals surface area (Å²) in [5.74, 6) is -1.12. The van der Waals surface area contributed by atoms with E-state index in [0.717, 1.165) is 18.7 Å². The smallest absolute Gasteiger partial charge is 0.282 e. The lowest BCUT2D eigenvalue weighted by molar-refractivity contribution is -0.831.